The molecule has 0 spiro atoms. The van der Waals surface area contributed by atoms with Gasteiger partial charge in [-0.3, -0.25) is 14.6 Å². The summed E-state index contributed by atoms with van der Waals surface area (Å²) < 4.78 is 0. The van der Waals surface area contributed by atoms with Gasteiger partial charge in [0.2, 0.25) is 0 Å². The minimum Gasteiger partial charge on any atom is -0.291 e. The second-order valence-electron chi connectivity index (χ2n) is 3.64. The smallest absolute Gasteiger partial charge is 0.291 e. The minimum absolute atomic E-state index is 0.263. The molecule has 1 saturated heterocycles. The fraction of sp³-hybridized carbons (Fsp3) is 0.167. The van der Waals surface area contributed by atoms with Crippen molar-refractivity contribution in [1.82, 2.24) is 9.80 Å². The lowest BCUT2D eigenvalue weighted by Crippen LogP contribution is -2.27. The molecular weight excluding hydrogens is 236 g/mol. The van der Waals surface area contributed by atoms with Crippen LogP contribution in [0.3, 0.4) is 0 Å². The van der Waals surface area contributed by atoms with E-state index in [0.29, 0.717) is 5.70 Å². The number of hydrogen-bond donors (Lipinski definition) is 0. The Morgan fingerprint density at radius 1 is 1.06 bits per heavy atom. The lowest BCUT2D eigenvalue weighted by atomic mass is 10.4. The van der Waals surface area contributed by atoms with Gasteiger partial charge in [-0.05, 0) is 12.1 Å². The quantitative estimate of drug-likeness (QED) is 0.457. The predicted molar refractivity (Wildman–Crippen MR) is 66.3 cm³/mol. The van der Waals surface area contributed by atoms with Gasteiger partial charge < -0.3 is 0 Å². The largest absolute Gasteiger partial charge is 0.331 e. The molecule has 0 aliphatic carbocycles. The first-order valence-electron chi connectivity index (χ1n) is 5.09. The zero-order valence-corrected chi connectivity index (χ0v) is 10.4. The van der Waals surface area contributed by atoms with Crippen molar-refractivity contribution in [2.45, 2.75) is 4.90 Å². The maximum Gasteiger partial charge on any atom is 0.331 e. The first-order valence-corrected chi connectivity index (χ1v) is 5.97. The van der Waals surface area contributed by atoms with Crippen LogP contribution >= 0.6 is 11.8 Å². The van der Waals surface area contributed by atoms with Gasteiger partial charge >= 0.3 is 6.03 Å². The monoisotopic (exact) mass is 248 g/mol. The van der Waals surface area contributed by atoms with Crippen molar-refractivity contribution in [1.29, 1.82) is 0 Å². The van der Waals surface area contributed by atoms with Crippen molar-refractivity contribution in [3.63, 3.8) is 0 Å². The number of imide groups is 1. The lowest BCUT2D eigenvalue weighted by Gasteiger charge is -2.07. The van der Waals surface area contributed by atoms with Crippen LogP contribution in [0.4, 0.5) is 4.79 Å². The van der Waals surface area contributed by atoms with Crippen LogP contribution in [0, 0.1) is 0 Å². The number of amides is 3. The Hall–Kier alpha value is -1.75. The lowest BCUT2D eigenvalue weighted by molar-refractivity contribution is -0.122. The van der Waals surface area contributed by atoms with E-state index in [9.17, 15) is 9.59 Å². The number of benzene rings is 1. The number of thioether (sulfide) groups is 1. The van der Waals surface area contributed by atoms with Gasteiger partial charge in [-0.2, -0.15) is 0 Å². The summed E-state index contributed by atoms with van der Waals surface area (Å²) in [5.74, 6) is -0.263. The van der Waals surface area contributed by atoms with Crippen molar-refractivity contribution in [2.75, 3.05) is 14.1 Å². The number of urea groups is 1. The van der Waals surface area contributed by atoms with E-state index < -0.39 is 0 Å². The van der Waals surface area contributed by atoms with Crippen LogP contribution in [0.1, 0.15) is 0 Å². The molecule has 1 aromatic rings. The predicted octanol–water partition coefficient (Wildman–Crippen LogP) is 2.14. The molecule has 0 N–H and O–H groups in total. The van der Waals surface area contributed by atoms with Gasteiger partial charge in [0, 0.05) is 24.4 Å². The molecule has 2 rings (SSSR count). The summed E-state index contributed by atoms with van der Waals surface area (Å²) >= 11 is 1.43. The van der Waals surface area contributed by atoms with Crippen LogP contribution in [-0.2, 0) is 4.79 Å². The van der Waals surface area contributed by atoms with Crippen molar-refractivity contribution in [2.24, 2.45) is 0 Å². The highest BCUT2D eigenvalue weighted by molar-refractivity contribution is 8.02. The maximum atomic E-state index is 11.7. The molecule has 5 heteroatoms. The number of hydrogen-bond acceptors (Lipinski definition) is 3. The average Bonchev–Trinajstić information content (AvgIpc) is 2.54. The Bertz CT molecular complexity index is 485. The molecular formula is C12H12N2O2S. The second kappa shape index (κ2) is 4.63. The van der Waals surface area contributed by atoms with Crippen molar-refractivity contribution >= 4 is 23.7 Å². The van der Waals surface area contributed by atoms with Crippen LogP contribution in [0.25, 0.3) is 0 Å². The molecule has 0 bridgehead atoms. The summed E-state index contributed by atoms with van der Waals surface area (Å²) in [4.78, 5) is 26.7. The zero-order valence-electron chi connectivity index (χ0n) is 9.58. The van der Waals surface area contributed by atoms with Gasteiger partial charge in [-0.1, -0.05) is 30.0 Å². The normalized spacial score (nSPS) is 18.4. The maximum absolute atomic E-state index is 11.7. The van der Waals surface area contributed by atoms with Gasteiger partial charge in [0.25, 0.3) is 5.91 Å². The van der Waals surface area contributed by atoms with Crippen molar-refractivity contribution in [3.05, 3.63) is 41.4 Å². The van der Waals surface area contributed by atoms with Gasteiger partial charge in [0.15, 0.2) is 0 Å². The van der Waals surface area contributed by atoms with Crippen LogP contribution in [0.5, 0.6) is 0 Å². The van der Waals surface area contributed by atoms with E-state index in [2.05, 4.69) is 0 Å². The van der Waals surface area contributed by atoms with Gasteiger partial charge in [0.05, 0.1) is 0 Å². The Kier molecular flexibility index (Phi) is 3.19. The Morgan fingerprint density at radius 3 is 2.24 bits per heavy atom. The van der Waals surface area contributed by atoms with Crippen LogP contribution in [0.2, 0.25) is 0 Å². The fourth-order valence-electron chi connectivity index (χ4n) is 1.48. The topological polar surface area (TPSA) is 40.6 Å². The molecule has 1 aromatic carbocycles. The van der Waals surface area contributed by atoms with Gasteiger partial charge in [-0.15, -0.1) is 0 Å². The molecule has 88 valence electrons. The Balaban J connectivity index is 2.18. The third-order valence-corrected chi connectivity index (χ3v) is 3.39. The molecule has 17 heavy (non-hydrogen) atoms. The number of carbonyl (C=O) groups is 2. The van der Waals surface area contributed by atoms with E-state index in [4.69, 9.17) is 0 Å². The van der Waals surface area contributed by atoms with E-state index in [1.54, 1.807) is 12.5 Å². The number of likely N-dealkylation sites (N-methyl/N-ethyl adjacent to an activating group) is 2. The molecule has 0 radical (unpaired) electrons. The molecule has 3 amide bonds. The average molecular weight is 248 g/mol. The molecule has 0 saturated carbocycles. The van der Waals surface area contributed by atoms with E-state index >= 15 is 0 Å². The van der Waals surface area contributed by atoms with Crippen LogP contribution in [0.15, 0.2) is 46.3 Å². The highest BCUT2D eigenvalue weighted by Gasteiger charge is 2.35. The summed E-state index contributed by atoms with van der Waals surface area (Å²) in [7, 11) is 3.08. The Labute approximate surface area is 104 Å². The van der Waals surface area contributed by atoms with Crippen molar-refractivity contribution < 1.29 is 9.59 Å². The third-order valence-electron chi connectivity index (χ3n) is 2.51. The molecule has 1 aliphatic rings. The van der Waals surface area contributed by atoms with Crippen LogP contribution < -0.4 is 0 Å². The van der Waals surface area contributed by atoms with Crippen LogP contribution in [-0.4, -0.2) is 35.8 Å². The Morgan fingerprint density at radius 2 is 1.71 bits per heavy atom. The summed E-state index contributed by atoms with van der Waals surface area (Å²) in [5.41, 5.74) is 0.409. The highest BCUT2D eigenvalue weighted by atomic mass is 32.2. The summed E-state index contributed by atoms with van der Waals surface area (Å²) in [6, 6.07) is 9.40. The molecule has 4 nitrogen and oxygen atoms in total. The van der Waals surface area contributed by atoms with E-state index in [1.807, 2.05) is 30.3 Å². The van der Waals surface area contributed by atoms with Gasteiger partial charge in [-0.25, -0.2) is 4.79 Å². The fourth-order valence-corrected chi connectivity index (χ4v) is 2.30. The first kappa shape index (κ1) is 11.7. The summed E-state index contributed by atoms with van der Waals surface area (Å²) in [6.07, 6.45) is 0. The third kappa shape index (κ3) is 2.19. The minimum atomic E-state index is -0.296. The van der Waals surface area contributed by atoms with E-state index in [0.717, 1.165) is 9.80 Å². The molecule has 0 unspecified atom stereocenters. The SMILES string of the molecule is CN1C(=O)/C(=C/Sc2ccccc2)N(C)C1=O. The number of rotatable bonds is 2. The van der Waals surface area contributed by atoms with Gasteiger partial charge in [0.1, 0.15) is 5.70 Å². The summed E-state index contributed by atoms with van der Waals surface area (Å²) in [5, 5.41) is 1.71. The molecule has 1 heterocycles. The molecule has 1 fully saturated rings. The number of nitrogens with zero attached hydrogens (tertiary/aromatic N) is 2. The molecule has 1 aliphatic heterocycles. The van der Waals surface area contributed by atoms with E-state index in [-0.39, 0.29) is 11.9 Å². The molecule has 0 aromatic heterocycles. The second-order valence-corrected chi connectivity index (χ2v) is 4.58. The van der Waals surface area contributed by atoms with E-state index in [1.165, 1.54) is 23.7 Å². The molecule has 0 atom stereocenters. The standard InChI is InChI=1S/C12H12N2O2S/c1-13-10(11(15)14(2)12(13)16)8-17-9-6-4-3-5-7-9/h3-8H,1-2H3/b10-8-. The number of carbonyl (C=O) groups excluding carboxylic acids is 2. The first-order chi connectivity index (χ1) is 8.11. The zero-order chi connectivity index (χ0) is 12.4. The van der Waals surface area contributed by atoms with Crippen molar-refractivity contribution in [3.8, 4) is 0 Å². The summed E-state index contributed by atoms with van der Waals surface area (Å²) in [6.45, 7) is 0. The highest BCUT2D eigenvalue weighted by Crippen LogP contribution is 2.25.